The van der Waals surface area contributed by atoms with Crippen LogP contribution in [0.25, 0.3) is 16.3 Å². The van der Waals surface area contributed by atoms with E-state index in [-0.39, 0.29) is 18.7 Å². The van der Waals surface area contributed by atoms with Gasteiger partial charge in [-0.15, -0.1) is 21.5 Å². The molecule has 3 aromatic heterocycles. The molecule has 0 radical (unpaired) electrons. The van der Waals surface area contributed by atoms with Gasteiger partial charge >= 0.3 is 5.97 Å². The fraction of sp³-hybridized carbons (Fsp3) is 0.125. The van der Waals surface area contributed by atoms with E-state index in [0.29, 0.717) is 21.5 Å². The molecule has 11 heteroatoms. The van der Waals surface area contributed by atoms with Crippen molar-refractivity contribution in [2.24, 2.45) is 0 Å². The number of ether oxygens (including phenoxy) is 1. The second-order valence-electron chi connectivity index (χ2n) is 5.45. The molecule has 0 saturated heterocycles. The van der Waals surface area contributed by atoms with Gasteiger partial charge in [0, 0.05) is 28.2 Å². The first-order valence-electron chi connectivity index (χ1n) is 7.74. The number of carbonyl (C=O) groups excluding carboxylic acids is 1. The van der Waals surface area contributed by atoms with Gasteiger partial charge < -0.3 is 4.74 Å². The summed E-state index contributed by atoms with van der Waals surface area (Å²) in [6.07, 6.45) is 1.64. The van der Waals surface area contributed by atoms with Gasteiger partial charge in [-0.2, -0.15) is 4.80 Å². The van der Waals surface area contributed by atoms with Crippen molar-refractivity contribution in [3.05, 3.63) is 63.0 Å². The Morgan fingerprint density at radius 3 is 2.89 bits per heavy atom. The molecule has 9 nitrogen and oxygen atoms in total. The Kier molecular flexibility index (Phi) is 4.65. The highest BCUT2D eigenvalue weighted by molar-refractivity contribution is 7.15. The van der Waals surface area contributed by atoms with E-state index in [0.717, 1.165) is 10.4 Å². The maximum atomic E-state index is 12.0. The van der Waals surface area contributed by atoms with Crippen molar-refractivity contribution in [1.82, 2.24) is 29.6 Å². The van der Waals surface area contributed by atoms with Crippen LogP contribution in [0.5, 0.6) is 0 Å². The highest BCUT2D eigenvalue weighted by Crippen LogP contribution is 2.17. The van der Waals surface area contributed by atoms with Gasteiger partial charge in [0.15, 0.2) is 11.5 Å². The average Bonchev–Trinajstić information content (AvgIpc) is 3.30. The molecule has 0 aliphatic heterocycles. The molecule has 4 aromatic rings. The van der Waals surface area contributed by atoms with E-state index in [1.54, 1.807) is 35.8 Å². The Hall–Kier alpha value is -3.11. The summed E-state index contributed by atoms with van der Waals surface area (Å²) in [5.41, 5.74) is 0.884. The molecule has 136 valence electrons. The number of fused-ring (bicyclic) bond motifs is 1. The maximum absolute atomic E-state index is 12.0. The number of tetrazole rings is 1. The molecule has 0 saturated carbocycles. The first kappa shape index (κ1) is 17.3. The smallest absolute Gasteiger partial charge is 0.330 e. The van der Waals surface area contributed by atoms with E-state index in [4.69, 9.17) is 16.3 Å². The van der Waals surface area contributed by atoms with Crippen LogP contribution in [0.1, 0.15) is 5.69 Å². The lowest BCUT2D eigenvalue weighted by Crippen LogP contribution is -2.18. The van der Waals surface area contributed by atoms with Crippen LogP contribution in [0.4, 0.5) is 0 Å². The molecule has 3 heterocycles. The van der Waals surface area contributed by atoms with Gasteiger partial charge in [-0.25, -0.2) is 9.78 Å². The van der Waals surface area contributed by atoms with E-state index in [1.807, 2.05) is 0 Å². The monoisotopic (exact) mass is 402 g/mol. The molecule has 0 aliphatic carbocycles. The molecule has 0 atom stereocenters. The Balaban J connectivity index is 1.39. The molecule has 0 fully saturated rings. The highest BCUT2D eigenvalue weighted by Gasteiger charge is 2.12. The van der Waals surface area contributed by atoms with Crippen LogP contribution in [0.15, 0.2) is 46.7 Å². The minimum absolute atomic E-state index is 0.110. The van der Waals surface area contributed by atoms with Crippen molar-refractivity contribution in [2.75, 3.05) is 0 Å². The number of hydrogen-bond donors (Lipinski definition) is 0. The molecule has 0 bridgehead atoms. The molecule has 1 aromatic carbocycles. The summed E-state index contributed by atoms with van der Waals surface area (Å²) in [5.74, 6) is -0.194. The Bertz CT molecular complexity index is 1170. The van der Waals surface area contributed by atoms with E-state index in [9.17, 15) is 9.59 Å². The normalized spacial score (nSPS) is 11.0. The Morgan fingerprint density at radius 1 is 1.26 bits per heavy atom. The molecule has 0 amide bonds. The summed E-state index contributed by atoms with van der Waals surface area (Å²) in [7, 11) is 0. The van der Waals surface area contributed by atoms with Crippen molar-refractivity contribution in [3.63, 3.8) is 0 Å². The van der Waals surface area contributed by atoms with Crippen molar-refractivity contribution in [2.45, 2.75) is 13.2 Å². The number of esters is 1. The van der Waals surface area contributed by atoms with Gasteiger partial charge in [0.2, 0.25) is 5.82 Å². The van der Waals surface area contributed by atoms with Crippen LogP contribution in [0, 0.1) is 0 Å². The summed E-state index contributed by atoms with van der Waals surface area (Å²) < 4.78 is 6.58. The van der Waals surface area contributed by atoms with Crippen LogP contribution in [-0.4, -0.2) is 35.6 Å². The number of thiazole rings is 1. The number of halogens is 1. The summed E-state index contributed by atoms with van der Waals surface area (Å²) in [4.78, 5) is 29.8. The van der Waals surface area contributed by atoms with Crippen LogP contribution in [0.2, 0.25) is 5.02 Å². The second-order valence-corrected chi connectivity index (χ2v) is 6.76. The fourth-order valence-corrected chi connectivity index (χ4v) is 3.17. The van der Waals surface area contributed by atoms with Crippen LogP contribution in [0.3, 0.4) is 0 Å². The van der Waals surface area contributed by atoms with E-state index < -0.39 is 5.97 Å². The minimum atomic E-state index is -0.566. The van der Waals surface area contributed by atoms with Crippen molar-refractivity contribution >= 4 is 33.9 Å². The molecular weight excluding hydrogens is 392 g/mol. The molecule has 0 N–H and O–H groups in total. The Labute approximate surface area is 160 Å². The highest BCUT2D eigenvalue weighted by atomic mass is 35.5. The van der Waals surface area contributed by atoms with E-state index in [2.05, 4.69) is 20.4 Å². The van der Waals surface area contributed by atoms with E-state index >= 15 is 0 Å². The standard InChI is InChI=1S/C16H11ClN6O3S/c17-11-3-1-10(2-4-11)15-19-21-23(20-15)8-14(25)26-9-12-7-13(24)22-5-6-27-16(22)18-12/h1-7H,8-9H2. The first-order valence-corrected chi connectivity index (χ1v) is 8.99. The molecule has 27 heavy (non-hydrogen) atoms. The average molecular weight is 403 g/mol. The van der Waals surface area contributed by atoms with Gasteiger partial charge in [0.25, 0.3) is 5.56 Å². The summed E-state index contributed by atoms with van der Waals surface area (Å²) >= 11 is 7.17. The van der Waals surface area contributed by atoms with Gasteiger partial charge in [-0.3, -0.25) is 9.20 Å². The fourth-order valence-electron chi connectivity index (χ4n) is 2.30. The van der Waals surface area contributed by atoms with Crippen LogP contribution < -0.4 is 5.56 Å². The SMILES string of the molecule is O=C(Cn1nnc(-c2ccc(Cl)cc2)n1)OCc1cc(=O)n2ccsc2n1. The van der Waals surface area contributed by atoms with Crippen molar-refractivity contribution < 1.29 is 9.53 Å². The van der Waals surface area contributed by atoms with Crippen molar-refractivity contribution in [1.29, 1.82) is 0 Å². The lowest BCUT2D eigenvalue weighted by Gasteiger charge is -2.03. The maximum Gasteiger partial charge on any atom is 0.330 e. The lowest BCUT2D eigenvalue weighted by molar-refractivity contribution is -0.146. The third-order valence-corrected chi connectivity index (χ3v) is 4.57. The number of nitrogens with zero attached hydrogens (tertiary/aromatic N) is 6. The minimum Gasteiger partial charge on any atom is -0.458 e. The molecular formula is C16H11ClN6O3S. The second kappa shape index (κ2) is 7.25. The quantitative estimate of drug-likeness (QED) is 0.469. The number of benzene rings is 1. The number of hydrogen-bond acceptors (Lipinski definition) is 8. The predicted octanol–water partition coefficient (Wildman–Crippen LogP) is 1.81. The summed E-state index contributed by atoms with van der Waals surface area (Å²) in [6.45, 7) is -0.317. The third-order valence-electron chi connectivity index (χ3n) is 3.56. The zero-order valence-electron chi connectivity index (χ0n) is 13.6. The van der Waals surface area contributed by atoms with Crippen molar-refractivity contribution in [3.8, 4) is 11.4 Å². The molecule has 4 rings (SSSR count). The molecule has 0 aliphatic rings. The number of rotatable bonds is 5. The Morgan fingerprint density at radius 2 is 2.07 bits per heavy atom. The number of carbonyl (C=O) groups is 1. The zero-order valence-corrected chi connectivity index (χ0v) is 15.2. The van der Waals surface area contributed by atoms with Gasteiger partial charge in [-0.05, 0) is 29.5 Å². The topological polar surface area (TPSA) is 104 Å². The van der Waals surface area contributed by atoms with Gasteiger partial charge in [-0.1, -0.05) is 11.6 Å². The van der Waals surface area contributed by atoms with Crippen LogP contribution >= 0.6 is 22.9 Å². The van der Waals surface area contributed by atoms with E-state index in [1.165, 1.54) is 21.8 Å². The van der Waals surface area contributed by atoms with Crippen LogP contribution in [-0.2, 0) is 22.7 Å². The summed E-state index contributed by atoms with van der Waals surface area (Å²) in [6, 6.07) is 8.27. The molecule has 0 spiro atoms. The lowest BCUT2D eigenvalue weighted by atomic mass is 10.2. The largest absolute Gasteiger partial charge is 0.458 e. The first-order chi connectivity index (χ1) is 13.1. The molecule has 0 unspecified atom stereocenters. The third kappa shape index (κ3) is 3.86. The predicted molar refractivity (Wildman–Crippen MR) is 97.4 cm³/mol. The number of aromatic nitrogens is 6. The zero-order chi connectivity index (χ0) is 18.8. The van der Waals surface area contributed by atoms with Gasteiger partial charge in [0.1, 0.15) is 6.61 Å². The van der Waals surface area contributed by atoms with Gasteiger partial charge in [0.05, 0.1) is 5.69 Å². The summed E-state index contributed by atoms with van der Waals surface area (Å²) in [5, 5.41) is 14.2.